The molecule has 146 valence electrons. The Bertz CT molecular complexity index is 952. The maximum atomic E-state index is 13.2. The van der Waals surface area contributed by atoms with Crippen molar-refractivity contribution in [3.05, 3.63) is 53.0 Å². The Morgan fingerprint density at radius 1 is 1.21 bits per heavy atom. The van der Waals surface area contributed by atoms with Crippen molar-refractivity contribution in [1.29, 1.82) is 0 Å². The van der Waals surface area contributed by atoms with E-state index in [2.05, 4.69) is 11.0 Å². The first-order valence-electron chi connectivity index (χ1n) is 9.51. The van der Waals surface area contributed by atoms with E-state index in [4.69, 9.17) is 14.5 Å². The van der Waals surface area contributed by atoms with E-state index in [-0.39, 0.29) is 11.7 Å². The van der Waals surface area contributed by atoms with E-state index in [0.717, 1.165) is 43.0 Å². The van der Waals surface area contributed by atoms with Crippen molar-refractivity contribution in [2.45, 2.75) is 19.4 Å². The third-order valence-electron chi connectivity index (χ3n) is 5.25. The molecule has 2 heterocycles. The molecule has 1 aromatic heterocycles. The molecule has 5 nitrogen and oxygen atoms in total. The van der Waals surface area contributed by atoms with Gasteiger partial charge in [0.2, 0.25) is 0 Å². The van der Waals surface area contributed by atoms with Gasteiger partial charge in [-0.2, -0.15) is 0 Å². The molecule has 1 saturated heterocycles. The van der Waals surface area contributed by atoms with Crippen LogP contribution in [0.5, 0.6) is 11.5 Å². The number of hydrogen-bond donors (Lipinski definition) is 0. The summed E-state index contributed by atoms with van der Waals surface area (Å²) in [5.74, 6) is 1.39. The molecule has 1 aliphatic heterocycles. The predicted octanol–water partition coefficient (Wildman–Crippen LogP) is 4.41. The molecule has 0 aliphatic carbocycles. The topological polar surface area (TPSA) is 51.7 Å². The number of rotatable bonds is 6. The molecule has 1 aliphatic rings. The summed E-state index contributed by atoms with van der Waals surface area (Å²) in [5.41, 5.74) is 1.69. The molecule has 28 heavy (non-hydrogen) atoms. The van der Waals surface area contributed by atoms with Crippen LogP contribution in [0, 0.1) is 5.92 Å². The molecule has 6 heteroatoms. The van der Waals surface area contributed by atoms with Gasteiger partial charge >= 0.3 is 0 Å². The van der Waals surface area contributed by atoms with Crippen LogP contribution in [0.2, 0.25) is 0 Å². The highest BCUT2D eigenvalue weighted by Crippen LogP contribution is 2.30. The molecule has 3 aromatic rings. The first-order chi connectivity index (χ1) is 13.7. The molecule has 4 rings (SSSR count). The van der Waals surface area contributed by atoms with E-state index in [0.29, 0.717) is 17.1 Å². The van der Waals surface area contributed by atoms with E-state index in [1.165, 1.54) is 4.70 Å². The highest BCUT2D eigenvalue weighted by molar-refractivity contribution is 7.18. The van der Waals surface area contributed by atoms with E-state index in [1.54, 1.807) is 31.6 Å². The summed E-state index contributed by atoms with van der Waals surface area (Å²) in [7, 11) is 3.20. The molecule has 1 fully saturated rings. The second kappa shape index (κ2) is 8.29. The number of para-hydroxylation sites is 1. The summed E-state index contributed by atoms with van der Waals surface area (Å²) in [6.07, 6.45) is 1.92. The molecule has 1 atom stereocenters. The minimum atomic E-state index is -0.0228. The fourth-order valence-corrected chi connectivity index (χ4v) is 4.82. The molecule has 2 aromatic carbocycles. The van der Waals surface area contributed by atoms with Crippen molar-refractivity contribution in [2.24, 2.45) is 5.92 Å². The summed E-state index contributed by atoms with van der Waals surface area (Å²) in [5, 5.41) is 1.11. The van der Waals surface area contributed by atoms with Gasteiger partial charge in [-0.1, -0.05) is 12.1 Å². The smallest absolute Gasteiger partial charge is 0.170 e. The van der Waals surface area contributed by atoms with Gasteiger partial charge in [-0.25, -0.2) is 4.98 Å². The summed E-state index contributed by atoms with van der Waals surface area (Å²) < 4.78 is 11.9. The van der Waals surface area contributed by atoms with Crippen molar-refractivity contribution in [2.75, 3.05) is 27.3 Å². The van der Waals surface area contributed by atoms with Crippen LogP contribution in [0.25, 0.3) is 10.2 Å². The van der Waals surface area contributed by atoms with Crippen LogP contribution in [0.3, 0.4) is 0 Å². The molecule has 0 radical (unpaired) electrons. The normalized spacial score (nSPS) is 17.6. The van der Waals surface area contributed by atoms with Gasteiger partial charge in [-0.15, -0.1) is 11.3 Å². The number of carbonyl (C=O) groups is 1. The Morgan fingerprint density at radius 3 is 2.86 bits per heavy atom. The van der Waals surface area contributed by atoms with Gasteiger partial charge in [0, 0.05) is 18.5 Å². The van der Waals surface area contributed by atoms with E-state index >= 15 is 0 Å². The lowest BCUT2D eigenvalue weighted by atomic mass is 9.89. The Kier molecular flexibility index (Phi) is 5.59. The Labute approximate surface area is 168 Å². The number of carbonyl (C=O) groups excluding carboxylic acids is 1. The first kappa shape index (κ1) is 18.9. The first-order valence-corrected chi connectivity index (χ1v) is 10.3. The largest absolute Gasteiger partial charge is 0.497 e. The number of fused-ring (bicyclic) bond motifs is 1. The lowest BCUT2D eigenvalue weighted by molar-refractivity contribution is 0.0808. The number of likely N-dealkylation sites (tertiary alicyclic amines) is 1. The number of piperidine rings is 1. The quantitative estimate of drug-likeness (QED) is 0.578. The Hall–Kier alpha value is -2.44. The van der Waals surface area contributed by atoms with Crippen LogP contribution in [-0.2, 0) is 6.54 Å². The molecule has 0 N–H and O–H groups in total. The number of methoxy groups -OCH3 is 2. The SMILES string of the molecule is COc1ccc(C(=O)[C@@H]2CCCN(Cc3nc4ccccc4s3)C2)c(OC)c1. The minimum Gasteiger partial charge on any atom is -0.497 e. The maximum Gasteiger partial charge on any atom is 0.170 e. The average Bonchev–Trinajstić information content (AvgIpc) is 3.15. The number of thiazole rings is 1. The van der Waals surface area contributed by atoms with Crippen molar-refractivity contribution < 1.29 is 14.3 Å². The van der Waals surface area contributed by atoms with Crippen LogP contribution < -0.4 is 9.47 Å². The second-order valence-corrected chi connectivity index (χ2v) is 8.20. The van der Waals surface area contributed by atoms with E-state index in [9.17, 15) is 4.79 Å². The van der Waals surface area contributed by atoms with Gasteiger partial charge in [0.25, 0.3) is 0 Å². The highest BCUT2D eigenvalue weighted by atomic mass is 32.1. The lowest BCUT2D eigenvalue weighted by Gasteiger charge is -2.31. The van der Waals surface area contributed by atoms with Crippen LogP contribution in [-0.4, -0.2) is 43.0 Å². The zero-order valence-corrected chi connectivity index (χ0v) is 17.0. The van der Waals surface area contributed by atoms with Gasteiger partial charge in [0.15, 0.2) is 5.78 Å². The maximum absolute atomic E-state index is 13.2. The molecule has 0 saturated carbocycles. The van der Waals surface area contributed by atoms with E-state index < -0.39 is 0 Å². The zero-order chi connectivity index (χ0) is 19.5. The van der Waals surface area contributed by atoms with Crippen LogP contribution >= 0.6 is 11.3 Å². The van der Waals surface area contributed by atoms with Gasteiger partial charge < -0.3 is 9.47 Å². The van der Waals surface area contributed by atoms with E-state index in [1.807, 2.05) is 30.3 Å². The number of hydrogen-bond acceptors (Lipinski definition) is 6. The van der Waals surface area contributed by atoms with Crippen LogP contribution in [0.15, 0.2) is 42.5 Å². The third kappa shape index (κ3) is 3.88. The van der Waals surface area contributed by atoms with Crippen molar-refractivity contribution in [3.8, 4) is 11.5 Å². The van der Waals surface area contributed by atoms with Gasteiger partial charge in [-0.3, -0.25) is 9.69 Å². The fraction of sp³-hybridized carbons (Fsp3) is 0.364. The van der Waals surface area contributed by atoms with Gasteiger partial charge in [-0.05, 0) is 43.7 Å². The molecular weight excluding hydrogens is 372 g/mol. The molecular formula is C22H24N2O3S. The number of ether oxygens (including phenoxy) is 2. The summed E-state index contributed by atoms with van der Waals surface area (Å²) >= 11 is 1.74. The van der Waals surface area contributed by atoms with Crippen LogP contribution in [0.4, 0.5) is 0 Å². The Balaban J connectivity index is 1.48. The molecule has 0 unspecified atom stereocenters. The second-order valence-electron chi connectivity index (χ2n) is 7.08. The summed E-state index contributed by atoms with van der Waals surface area (Å²) in [6.45, 7) is 2.55. The standard InChI is InChI=1S/C22H24N2O3S/c1-26-16-9-10-17(19(12-16)27-2)22(25)15-6-5-11-24(13-15)14-21-23-18-7-3-4-8-20(18)28-21/h3-4,7-10,12,15H,5-6,11,13-14H2,1-2H3/t15-/m1/s1. The highest BCUT2D eigenvalue weighted by Gasteiger charge is 2.29. The van der Waals surface area contributed by atoms with Crippen molar-refractivity contribution in [3.63, 3.8) is 0 Å². The molecule has 0 spiro atoms. The number of ketones is 1. The Morgan fingerprint density at radius 2 is 2.07 bits per heavy atom. The monoisotopic (exact) mass is 396 g/mol. The third-order valence-corrected chi connectivity index (χ3v) is 6.27. The zero-order valence-electron chi connectivity index (χ0n) is 16.2. The number of aromatic nitrogens is 1. The number of benzene rings is 2. The van der Waals surface area contributed by atoms with Crippen molar-refractivity contribution in [1.82, 2.24) is 9.88 Å². The number of nitrogens with zero attached hydrogens (tertiary/aromatic N) is 2. The minimum absolute atomic E-state index is 0.0228. The number of Topliss-reactive ketones (excluding diaryl/α,β-unsaturated/α-hetero) is 1. The predicted molar refractivity (Wildman–Crippen MR) is 111 cm³/mol. The average molecular weight is 397 g/mol. The fourth-order valence-electron chi connectivity index (χ4n) is 3.81. The van der Waals surface area contributed by atoms with Gasteiger partial charge in [0.05, 0.1) is 36.5 Å². The van der Waals surface area contributed by atoms with Crippen LogP contribution in [0.1, 0.15) is 28.2 Å². The lowest BCUT2D eigenvalue weighted by Crippen LogP contribution is -2.38. The summed E-state index contributed by atoms with van der Waals surface area (Å²) in [6, 6.07) is 13.6. The van der Waals surface area contributed by atoms with Gasteiger partial charge in [0.1, 0.15) is 16.5 Å². The summed E-state index contributed by atoms with van der Waals surface area (Å²) in [4.78, 5) is 20.2. The molecule has 0 bridgehead atoms. The van der Waals surface area contributed by atoms with Crippen molar-refractivity contribution >= 4 is 27.3 Å². The molecule has 0 amide bonds.